The van der Waals surface area contributed by atoms with E-state index in [2.05, 4.69) is 23.7 Å². The van der Waals surface area contributed by atoms with Gasteiger partial charge in [-0.15, -0.1) is 11.3 Å². The summed E-state index contributed by atoms with van der Waals surface area (Å²) in [7, 11) is 0. The smallest absolute Gasteiger partial charge is 0.259 e. The Labute approximate surface area is 180 Å². The van der Waals surface area contributed by atoms with Crippen molar-refractivity contribution in [1.82, 2.24) is 14.9 Å². The number of rotatable bonds is 8. The van der Waals surface area contributed by atoms with Gasteiger partial charge in [0.15, 0.2) is 0 Å². The average Bonchev–Trinajstić information content (AvgIpc) is 3.11. The Morgan fingerprint density at radius 2 is 2.00 bits per heavy atom. The summed E-state index contributed by atoms with van der Waals surface area (Å²) < 4.78 is 5.67. The van der Waals surface area contributed by atoms with Gasteiger partial charge in [0.25, 0.3) is 5.56 Å². The molecule has 1 aromatic carbocycles. The highest BCUT2D eigenvalue weighted by Gasteiger charge is 2.21. The third-order valence-corrected chi connectivity index (χ3v) is 6.77. The molecule has 2 heterocycles. The van der Waals surface area contributed by atoms with Gasteiger partial charge in [-0.1, -0.05) is 18.2 Å². The molecule has 1 atom stereocenters. The van der Waals surface area contributed by atoms with Crippen molar-refractivity contribution >= 4 is 21.6 Å². The van der Waals surface area contributed by atoms with E-state index in [1.54, 1.807) is 11.3 Å². The van der Waals surface area contributed by atoms with E-state index in [0.29, 0.717) is 18.9 Å². The third kappa shape index (κ3) is 4.74. The Morgan fingerprint density at radius 3 is 2.77 bits per heavy atom. The number of aromatic amines is 1. The first kappa shape index (κ1) is 21.0. The van der Waals surface area contributed by atoms with Crippen molar-refractivity contribution in [3.8, 4) is 5.75 Å². The van der Waals surface area contributed by atoms with Gasteiger partial charge in [0.2, 0.25) is 0 Å². The molecule has 3 aromatic rings. The van der Waals surface area contributed by atoms with E-state index in [1.807, 2.05) is 30.3 Å². The molecule has 4 rings (SSSR count). The molecule has 0 spiro atoms. The van der Waals surface area contributed by atoms with Crippen LogP contribution in [0.3, 0.4) is 0 Å². The summed E-state index contributed by atoms with van der Waals surface area (Å²) in [6.07, 6.45) is 3.72. The number of aromatic nitrogens is 2. The first-order valence-electron chi connectivity index (χ1n) is 10.6. The number of hydrogen-bond acceptors (Lipinski definition) is 6. The molecule has 2 aromatic heterocycles. The van der Waals surface area contributed by atoms with Crippen LogP contribution >= 0.6 is 11.3 Å². The standard InChI is InChI=1S/C23H29N3O3S/c1-15(2)26(12-16(27)14-29-17-8-4-3-5-9-17)13-20-24-22(28)21-18-10-6-7-11-19(18)30-23(21)25-20/h3-5,8-9,15-16,27H,6-7,10-14H2,1-2H3,(H,24,25,28). The monoisotopic (exact) mass is 427 g/mol. The Morgan fingerprint density at radius 1 is 1.23 bits per heavy atom. The van der Waals surface area contributed by atoms with Crippen LogP contribution in [0, 0.1) is 0 Å². The molecular weight excluding hydrogens is 398 g/mol. The number of nitrogens with one attached hydrogen (secondary N) is 1. The minimum atomic E-state index is -0.642. The number of thiophene rings is 1. The van der Waals surface area contributed by atoms with Crippen LogP contribution in [0.1, 0.15) is 43.0 Å². The van der Waals surface area contributed by atoms with Crippen molar-refractivity contribution in [3.05, 3.63) is 57.0 Å². The average molecular weight is 428 g/mol. The number of ether oxygens (including phenoxy) is 1. The molecule has 0 bridgehead atoms. The van der Waals surface area contributed by atoms with Crippen LogP contribution in [0.4, 0.5) is 0 Å². The van der Waals surface area contributed by atoms with Crippen LogP contribution in [-0.2, 0) is 19.4 Å². The van der Waals surface area contributed by atoms with Crippen molar-refractivity contribution in [1.29, 1.82) is 0 Å². The summed E-state index contributed by atoms with van der Waals surface area (Å²) in [5.74, 6) is 1.39. The topological polar surface area (TPSA) is 78.5 Å². The van der Waals surface area contributed by atoms with E-state index in [9.17, 15) is 9.90 Å². The molecule has 2 N–H and O–H groups in total. The third-order valence-electron chi connectivity index (χ3n) is 5.59. The zero-order valence-electron chi connectivity index (χ0n) is 17.6. The molecule has 1 aliphatic rings. The molecule has 0 saturated carbocycles. The quantitative estimate of drug-likeness (QED) is 0.575. The lowest BCUT2D eigenvalue weighted by atomic mass is 9.97. The molecular formula is C23H29N3O3S. The Hall–Kier alpha value is -2.22. The molecule has 1 aliphatic carbocycles. The maximum absolute atomic E-state index is 12.8. The minimum absolute atomic E-state index is 0.0361. The van der Waals surface area contributed by atoms with E-state index < -0.39 is 6.10 Å². The van der Waals surface area contributed by atoms with Crippen LogP contribution in [0.5, 0.6) is 5.75 Å². The molecule has 30 heavy (non-hydrogen) atoms. The van der Waals surface area contributed by atoms with Gasteiger partial charge in [-0.05, 0) is 57.2 Å². The summed E-state index contributed by atoms with van der Waals surface area (Å²) in [6, 6.07) is 9.67. The summed E-state index contributed by atoms with van der Waals surface area (Å²) in [5.41, 5.74) is 1.17. The highest BCUT2D eigenvalue weighted by Crippen LogP contribution is 2.33. The number of aliphatic hydroxyl groups is 1. The van der Waals surface area contributed by atoms with Gasteiger partial charge in [0, 0.05) is 17.5 Å². The van der Waals surface area contributed by atoms with Gasteiger partial charge in [-0.25, -0.2) is 4.98 Å². The summed E-state index contributed by atoms with van der Waals surface area (Å²) in [6.45, 7) is 5.28. The summed E-state index contributed by atoms with van der Waals surface area (Å²) >= 11 is 1.66. The second-order valence-electron chi connectivity index (χ2n) is 8.20. The first-order chi connectivity index (χ1) is 14.5. The van der Waals surface area contributed by atoms with Crippen LogP contribution in [-0.4, -0.2) is 45.3 Å². The fourth-order valence-corrected chi connectivity index (χ4v) is 5.25. The summed E-state index contributed by atoms with van der Waals surface area (Å²) in [5, 5.41) is 11.3. The molecule has 160 valence electrons. The van der Waals surface area contributed by atoms with Crippen molar-refractivity contribution in [2.24, 2.45) is 0 Å². The molecule has 0 fully saturated rings. The van der Waals surface area contributed by atoms with Gasteiger partial charge in [0.05, 0.1) is 11.9 Å². The predicted molar refractivity (Wildman–Crippen MR) is 120 cm³/mol. The maximum Gasteiger partial charge on any atom is 0.259 e. The SMILES string of the molecule is CC(C)N(Cc1nc2sc3c(c2c(=O)[nH]1)CCCC3)CC(O)COc1ccccc1. The Bertz CT molecular complexity index is 1050. The number of nitrogens with zero attached hydrogens (tertiary/aromatic N) is 2. The largest absolute Gasteiger partial charge is 0.491 e. The predicted octanol–water partition coefficient (Wildman–Crippen LogP) is 3.51. The van der Waals surface area contributed by atoms with Gasteiger partial charge < -0.3 is 14.8 Å². The number of aryl methyl sites for hydroxylation is 2. The Balaban J connectivity index is 1.46. The highest BCUT2D eigenvalue weighted by atomic mass is 32.1. The van der Waals surface area contributed by atoms with Crippen molar-refractivity contribution < 1.29 is 9.84 Å². The number of hydrogen-bond donors (Lipinski definition) is 2. The second-order valence-corrected chi connectivity index (χ2v) is 9.29. The van der Waals surface area contributed by atoms with Crippen molar-refractivity contribution in [2.75, 3.05) is 13.2 Å². The van der Waals surface area contributed by atoms with Gasteiger partial charge in [-0.2, -0.15) is 0 Å². The molecule has 0 saturated heterocycles. The number of para-hydroxylation sites is 1. The van der Waals surface area contributed by atoms with Crippen LogP contribution < -0.4 is 10.3 Å². The lowest BCUT2D eigenvalue weighted by Crippen LogP contribution is -2.40. The van der Waals surface area contributed by atoms with Crippen molar-refractivity contribution in [3.63, 3.8) is 0 Å². The first-order valence-corrected chi connectivity index (χ1v) is 11.5. The molecule has 7 heteroatoms. The fraction of sp³-hybridized carbons (Fsp3) is 0.478. The van der Waals surface area contributed by atoms with E-state index in [0.717, 1.165) is 35.2 Å². The second kappa shape index (κ2) is 9.29. The zero-order chi connectivity index (χ0) is 21.1. The molecule has 6 nitrogen and oxygen atoms in total. The lowest BCUT2D eigenvalue weighted by molar-refractivity contribution is 0.0533. The van der Waals surface area contributed by atoms with E-state index in [4.69, 9.17) is 9.72 Å². The number of benzene rings is 1. The van der Waals surface area contributed by atoms with Crippen molar-refractivity contribution in [2.45, 2.75) is 58.2 Å². The molecule has 1 unspecified atom stereocenters. The molecule has 0 amide bonds. The summed E-state index contributed by atoms with van der Waals surface area (Å²) in [4.78, 5) is 24.8. The number of aliphatic hydroxyl groups excluding tert-OH is 1. The molecule has 0 aliphatic heterocycles. The number of H-pyrrole nitrogens is 1. The van der Waals surface area contributed by atoms with E-state index in [-0.39, 0.29) is 18.2 Å². The van der Waals surface area contributed by atoms with Crippen LogP contribution in [0.2, 0.25) is 0 Å². The highest BCUT2D eigenvalue weighted by molar-refractivity contribution is 7.18. The van der Waals surface area contributed by atoms with Gasteiger partial charge >= 0.3 is 0 Å². The zero-order valence-corrected chi connectivity index (χ0v) is 18.4. The Kier molecular flexibility index (Phi) is 6.51. The normalized spacial score (nSPS) is 15.0. The fourth-order valence-electron chi connectivity index (χ4n) is 3.97. The van der Waals surface area contributed by atoms with Gasteiger partial charge in [-0.3, -0.25) is 9.69 Å². The van der Waals surface area contributed by atoms with Crippen LogP contribution in [0.25, 0.3) is 10.2 Å². The van der Waals surface area contributed by atoms with E-state index >= 15 is 0 Å². The molecule has 0 radical (unpaired) electrons. The van der Waals surface area contributed by atoms with Gasteiger partial charge in [0.1, 0.15) is 29.1 Å². The number of fused-ring (bicyclic) bond motifs is 3. The van der Waals surface area contributed by atoms with Crippen LogP contribution in [0.15, 0.2) is 35.1 Å². The van der Waals surface area contributed by atoms with E-state index in [1.165, 1.54) is 16.9 Å². The lowest BCUT2D eigenvalue weighted by Gasteiger charge is -2.28. The minimum Gasteiger partial charge on any atom is -0.491 e. The maximum atomic E-state index is 12.8.